The van der Waals surface area contributed by atoms with Crippen LogP contribution in [0.25, 0.3) is 11.0 Å². The van der Waals surface area contributed by atoms with Gasteiger partial charge in [0.15, 0.2) is 0 Å². The molecule has 3 aromatic rings. The first kappa shape index (κ1) is 24.2. The second kappa shape index (κ2) is 9.56. The van der Waals surface area contributed by atoms with E-state index in [0.29, 0.717) is 24.3 Å². The number of fused-ring (bicyclic) bond motifs is 1. The van der Waals surface area contributed by atoms with Gasteiger partial charge >= 0.3 is 0 Å². The van der Waals surface area contributed by atoms with Gasteiger partial charge in [-0.15, -0.1) is 0 Å². The third-order valence-electron chi connectivity index (χ3n) is 5.34. The molecule has 0 saturated carbocycles. The molecule has 1 aromatic heterocycles. The summed E-state index contributed by atoms with van der Waals surface area (Å²) in [7, 11) is 0.990. The third-order valence-corrected chi connectivity index (χ3v) is 7.50. The molecule has 0 unspecified atom stereocenters. The Kier molecular flexibility index (Phi) is 7.22. The second-order valence-electron chi connectivity index (χ2n) is 7.66. The van der Waals surface area contributed by atoms with Crippen molar-refractivity contribution in [2.75, 3.05) is 21.1 Å². The molecule has 1 amide bonds. The molecule has 0 aliphatic carbocycles. The predicted molar refractivity (Wildman–Crippen MR) is 122 cm³/mol. The van der Waals surface area contributed by atoms with Crippen LogP contribution in [0.2, 0.25) is 5.02 Å². The fourth-order valence-corrected chi connectivity index (χ4v) is 4.64. The minimum Gasteiger partial charge on any atom is -0.341 e. The summed E-state index contributed by atoms with van der Waals surface area (Å²) in [6.07, 6.45) is 0.543. The van der Waals surface area contributed by atoms with Crippen LogP contribution in [0.5, 0.6) is 0 Å². The van der Waals surface area contributed by atoms with E-state index >= 15 is 0 Å². The Bertz CT molecular complexity index is 1240. The van der Waals surface area contributed by atoms with Crippen LogP contribution in [0.15, 0.2) is 41.3 Å². The van der Waals surface area contributed by atoms with Crippen molar-refractivity contribution >= 4 is 38.6 Å². The molecule has 1 heterocycles. The smallest absolute Gasteiger partial charge is 0.242 e. The van der Waals surface area contributed by atoms with Crippen molar-refractivity contribution in [2.24, 2.45) is 0 Å². The molecule has 0 aliphatic rings. The molecular weight excluding hydrogens is 455 g/mol. The van der Waals surface area contributed by atoms with Gasteiger partial charge in [0, 0.05) is 57.7 Å². The average Bonchev–Trinajstić information content (AvgIpc) is 3.11. The maximum Gasteiger partial charge on any atom is 0.242 e. The Balaban J connectivity index is 1.78. The Morgan fingerprint density at radius 3 is 2.53 bits per heavy atom. The van der Waals surface area contributed by atoms with Crippen molar-refractivity contribution < 1.29 is 17.6 Å². The van der Waals surface area contributed by atoms with Crippen LogP contribution in [0, 0.1) is 5.82 Å². The molecule has 32 heavy (non-hydrogen) atoms. The highest BCUT2D eigenvalue weighted by Gasteiger charge is 2.20. The van der Waals surface area contributed by atoms with Crippen molar-refractivity contribution in [3.05, 3.63) is 58.6 Å². The van der Waals surface area contributed by atoms with Crippen molar-refractivity contribution in [3.8, 4) is 0 Å². The number of carbonyl (C=O) groups excluding carboxylic acids is 1. The van der Waals surface area contributed by atoms with E-state index in [0.717, 1.165) is 9.82 Å². The van der Waals surface area contributed by atoms with E-state index in [1.54, 1.807) is 31.3 Å². The Morgan fingerprint density at radius 1 is 1.19 bits per heavy atom. The van der Waals surface area contributed by atoms with E-state index in [-0.39, 0.29) is 34.4 Å². The topological polar surface area (TPSA) is 75.5 Å². The van der Waals surface area contributed by atoms with Crippen molar-refractivity contribution in [3.63, 3.8) is 0 Å². The van der Waals surface area contributed by atoms with Gasteiger partial charge in [-0.1, -0.05) is 17.7 Å². The SMILES string of the molecule is CCn1c(CCC(=O)N(C)Cc2c(F)cccc2Cl)nc2cc(S(=O)(=O)N(C)C)ccc21. The third kappa shape index (κ3) is 4.79. The number of imidazole rings is 1. The number of hydrogen-bond acceptors (Lipinski definition) is 4. The number of aromatic nitrogens is 2. The molecule has 0 spiro atoms. The molecule has 0 aliphatic heterocycles. The van der Waals surface area contributed by atoms with Gasteiger partial charge in [0.1, 0.15) is 11.6 Å². The lowest BCUT2D eigenvalue weighted by atomic mass is 10.2. The van der Waals surface area contributed by atoms with Gasteiger partial charge in [-0.2, -0.15) is 0 Å². The number of halogens is 2. The van der Waals surface area contributed by atoms with Crippen molar-refractivity contribution in [1.82, 2.24) is 18.8 Å². The lowest BCUT2D eigenvalue weighted by Crippen LogP contribution is -2.27. The number of sulfonamides is 1. The summed E-state index contributed by atoms with van der Waals surface area (Å²) in [6.45, 7) is 2.66. The van der Waals surface area contributed by atoms with Gasteiger partial charge in [-0.3, -0.25) is 4.79 Å². The van der Waals surface area contributed by atoms with Crippen LogP contribution in [0.1, 0.15) is 24.7 Å². The van der Waals surface area contributed by atoms with Crippen LogP contribution in [-0.4, -0.2) is 54.2 Å². The highest BCUT2D eigenvalue weighted by molar-refractivity contribution is 7.89. The molecule has 10 heteroatoms. The molecule has 0 bridgehead atoms. The van der Waals surface area contributed by atoms with E-state index in [2.05, 4.69) is 4.98 Å². The zero-order valence-electron chi connectivity index (χ0n) is 18.5. The molecular formula is C22H26ClFN4O3S. The van der Waals surface area contributed by atoms with Gasteiger partial charge in [-0.05, 0) is 37.3 Å². The minimum atomic E-state index is -3.57. The first-order valence-electron chi connectivity index (χ1n) is 10.1. The standard InChI is InChI=1S/C22H26ClFN4O3S/c1-5-28-20-10-9-15(32(30,31)26(2)3)13-19(20)25-21(28)11-12-22(29)27(4)14-16-17(23)7-6-8-18(16)24/h6-10,13H,5,11-12,14H2,1-4H3. The van der Waals surface area contributed by atoms with Gasteiger partial charge < -0.3 is 9.47 Å². The minimum absolute atomic E-state index is 0.0697. The first-order valence-corrected chi connectivity index (χ1v) is 12.0. The van der Waals surface area contributed by atoms with E-state index in [4.69, 9.17) is 11.6 Å². The van der Waals surface area contributed by atoms with Crippen LogP contribution in [-0.2, 0) is 34.3 Å². The number of rotatable bonds is 8. The highest BCUT2D eigenvalue weighted by Crippen LogP contribution is 2.24. The Morgan fingerprint density at radius 2 is 1.91 bits per heavy atom. The first-order chi connectivity index (χ1) is 15.1. The largest absolute Gasteiger partial charge is 0.341 e. The van der Waals surface area contributed by atoms with Crippen LogP contribution >= 0.6 is 11.6 Å². The van der Waals surface area contributed by atoms with Gasteiger partial charge in [0.2, 0.25) is 15.9 Å². The summed E-state index contributed by atoms with van der Waals surface area (Å²) in [5.74, 6) is 0.0656. The molecule has 2 aromatic carbocycles. The molecule has 0 fully saturated rings. The molecule has 0 radical (unpaired) electrons. The summed E-state index contributed by atoms with van der Waals surface area (Å²) in [6, 6.07) is 9.27. The molecule has 0 saturated heterocycles. The summed E-state index contributed by atoms with van der Waals surface area (Å²) in [4.78, 5) is 18.8. The summed E-state index contributed by atoms with van der Waals surface area (Å²) < 4.78 is 42.0. The van der Waals surface area contributed by atoms with Gasteiger partial charge in [0.05, 0.1) is 15.9 Å². The molecule has 0 N–H and O–H groups in total. The fourth-order valence-electron chi connectivity index (χ4n) is 3.49. The van der Waals surface area contributed by atoms with Crippen LogP contribution < -0.4 is 0 Å². The van der Waals surface area contributed by atoms with Crippen LogP contribution in [0.3, 0.4) is 0 Å². The Hall–Kier alpha value is -2.49. The number of carbonyl (C=O) groups is 1. The van der Waals surface area contributed by atoms with E-state index < -0.39 is 15.8 Å². The molecule has 0 atom stereocenters. The summed E-state index contributed by atoms with van der Waals surface area (Å²) >= 11 is 6.06. The average molecular weight is 481 g/mol. The quantitative estimate of drug-likeness (QED) is 0.492. The number of nitrogens with zero attached hydrogens (tertiary/aromatic N) is 4. The number of benzene rings is 2. The number of aryl methyl sites for hydroxylation is 2. The van der Waals surface area contributed by atoms with Gasteiger partial charge in [0.25, 0.3) is 0 Å². The molecule has 3 rings (SSSR count). The second-order valence-corrected chi connectivity index (χ2v) is 10.2. The Labute approximate surface area is 192 Å². The van der Waals surface area contributed by atoms with Crippen molar-refractivity contribution in [2.45, 2.75) is 37.8 Å². The number of amides is 1. The lowest BCUT2D eigenvalue weighted by Gasteiger charge is -2.18. The maximum atomic E-state index is 14.0. The normalized spacial score (nSPS) is 12.0. The van der Waals surface area contributed by atoms with E-state index in [1.807, 2.05) is 11.5 Å². The van der Waals surface area contributed by atoms with E-state index in [1.165, 1.54) is 31.1 Å². The highest BCUT2D eigenvalue weighted by atomic mass is 35.5. The monoisotopic (exact) mass is 480 g/mol. The molecule has 7 nitrogen and oxygen atoms in total. The molecule has 172 valence electrons. The summed E-state index contributed by atoms with van der Waals surface area (Å²) in [5.41, 5.74) is 1.64. The van der Waals surface area contributed by atoms with E-state index in [9.17, 15) is 17.6 Å². The van der Waals surface area contributed by atoms with Gasteiger partial charge in [-0.25, -0.2) is 22.1 Å². The van der Waals surface area contributed by atoms with Crippen LogP contribution in [0.4, 0.5) is 4.39 Å². The summed E-state index contributed by atoms with van der Waals surface area (Å²) in [5, 5.41) is 0.279. The fraction of sp³-hybridized carbons (Fsp3) is 0.364. The predicted octanol–water partition coefficient (Wildman–Crippen LogP) is 3.69. The number of hydrogen-bond donors (Lipinski definition) is 0. The zero-order valence-corrected chi connectivity index (χ0v) is 20.0. The zero-order chi connectivity index (χ0) is 23.6. The lowest BCUT2D eigenvalue weighted by molar-refractivity contribution is -0.130. The maximum absolute atomic E-state index is 14.0. The van der Waals surface area contributed by atoms with Crippen molar-refractivity contribution in [1.29, 1.82) is 0 Å².